The molecule has 0 aromatic heterocycles. The molecule has 4 nitrogen and oxygen atoms in total. The Hall–Kier alpha value is -1.76. The number of carboxylic acid groups (broad SMARTS) is 1. The summed E-state index contributed by atoms with van der Waals surface area (Å²) in [6.45, 7) is 7.74. The van der Waals surface area contributed by atoms with Crippen molar-refractivity contribution in [2.45, 2.75) is 58.9 Å². The van der Waals surface area contributed by atoms with Crippen molar-refractivity contribution in [1.82, 2.24) is 5.32 Å². The van der Waals surface area contributed by atoms with E-state index in [0.717, 1.165) is 11.1 Å². The van der Waals surface area contributed by atoms with Gasteiger partial charge in [-0.3, -0.25) is 9.59 Å². The van der Waals surface area contributed by atoms with Crippen LogP contribution in [0.3, 0.4) is 0 Å². The molecule has 0 radical (unpaired) electrons. The number of rotatable bonds is 5. The first-order valence-corrected chi connectivity index (χ1v) is 7.48. The van der Waals surface area contributed by atoms with E-state index in [1.54, 1.807) is 0 Å². The Balaban J connectivity index is 2.99. The van der Waals surface area contributed by atoms with E-state index in [0.29, 0.717) is 25.7 Å². The minimum Gasteiger partial charge on any atom is -0.481 e. The van der Waals surface area contributed by atoms with Crippen molar-refractivity contribution in [3.63, 3.8) is 0 Å². The zero-order valence-electron chi connectivity index (χ0n) is 13.3. The first-order valence-electron chi connectivity index (χ1n) is 7.48. The third-order valence-corrected chi connectivity index (χ3v) is 4.77. The van der Waals surface area contributed by atoms with Crippen LogP contribution in [0.4, 0.5) is 0 Å². The number of hydrogen-bond acceptors (Lipinski definition) is 2. The Labute approximate surface area is 127 Å². The van der Waals surface area contributed by atoms with Gasteiger partial charge in [0.1, 0.15) is 5.54 Å². The van der Waals surface area contributed by atoms with Gasteiger partial charge in [-0.05, 0) is 39.5 Å². The SMILES string of the molecule is C#CC(CC)(CC)NC(=O)[C@H]1CC(C)=C(C)C[C@H]1C(=O)O. The number of aliphatic carboxylic acids is 1. The number of carboxylic acids is 1. The van der Waals surface area contributed by atoms with E-state index < -0.39 is 23.3 Å². The van der Waals surface area contributed by atoms with Gasteiger partial charge in [-0.1, -0.05) is 30.9 Å². The number of allylic oxidation sites excluding steroid dienone is 2. The lowest BCUT2D eigenvalue weighted by molar-refractivity contribution is -0.148. The van der Waals surface area contributed by atoms with E-state index in [4.69, 9.17) is 6.42 Å². The van der Waals surface area contributed by atoms with Crippen LogP contribution in [-0.4, -0.2) is 22.5 Å². The zero-order valence-corrected chi connectivity index (χ0v) is 13.3. The van der Waals surface area contributed by atoms with E-state index in [2.05, 4.69) is 11.2 Å². The predicted molar refractivity (Wildman–Crippen MR) is 82.5 cm³/mol. The number of amides is 1. The summed E-state index contributed by atoms with van der Waals surface area (Å²) in [6, 6.07) is 0. The summed E-state index contributed by atoms with van der Waals surface area (Å²) in [5, 5.41) is 12.3. The number of terminal acetylenes is 1. The molecule has 0 fully saturated rings. The van der Waals surface area contributed by atoms with E-state index in [1.807, 2.05) is 27.7 Å². The minimum absolute atomic E-state index is 0.240. The second kappa shape index (κ2) is 6.80. The van der Waals surface area contributed by atoms with Crippen LogP contribution in [0.25, 0.3) is 0 Å². The molecule has 0 heterocycles. The molecule has 2 N–H and O–H groups in total. The molecule has 0 aromatic carbocycles. The van der Waals surface area contributed by atoms with Crippen molar-refractivity contribution in [1.29, 1.82) is 0 Å². The van der Waals surface area contributed by atoms with E-state index >= 15 is 0 Å². The first kappa shape index (κ1) is 17.3. The number of nitrogens with one attached hydrogen (secondary N) is 1. The molecule has 1 amide bonds. The Morgan fingerprint density at radius 1 is 1.24 bits per heavy atom. The quantitative estimate of drug-likeness (QED) is 0.604. The van der Waals surface area contributed by atoms with Crippen LogP contribution in [0.15, 0.2) is 11.1 Å². The molecule has 1 rings (SSSR count). The maximum Gasteiger partial charge on any atom is 0.307 e. The van der Waals surface area contributed by atoms with Crippen LogP contribution < -0.4 is 5.32 Å². The summed E-state index contributed by atoms with van der Waals surface area (Å²) in [7, 11) is 0. The zero-order chi connectivity index (χ0) is 16.2. The lowest BCUT2D eigenvalue weighted by atomic mass is 9.75. The normalized spacial score (nSPS) is 22.6. The molecule has 0 aromatic rings. The highest BCUT2D eigenvalue weighted by Gasteiger charge is 2.39. The second-order valence-corrected chi connectivity index (χ2v) is 5.94. The molecule has 116 valence electrons. The lowest BCUT2D eigenvalue weighted by Gasteiger charge is -2.34. The second-order valence-electron chi connectivity index (χ2n) is 5.94. The van der Waals surface area contributed by atoms with Crippen molar-refractivity contribution < 1.29 is 14.7 Å². The Kier molecular flexibility index (Phi) is 5.60. The molecule has 21 heavy (non-hydrogen) atoms. The average molecular weight is 291 g/mol. The summed E-state index contributed by atoms with van der Waals surface area (Å²) in [6.07, 6.45) is 7.74. The summed E-state index contributed by atoms with van der Waals surface area (Å²) >= 11 is 0. The molecule has 1 aliphatic carbocycles. The lowest BCUT2D eigenvalue weighted by Crippen LogP contribution is -2.51. The Morgan fingerprint density at radius 2 is 1.71 bits per heavy atom. The molecule has 0 spiro atoms. The van der Waals surface area contributed by atoms with Crippen LogP contribution in [-0.2, 0) is 9.59 Å². The van der Waals surface area contributed by atoms with Gasteiger partial charge in [0, 0.05) is 0 Å². The Morgan fingerprint density at radius 3 is 2.10 bits per heavy atom. The van der Waals surface area contributed by atoms with Crippen LogP contribution in [0.1, 0.15) is 53.4 Å². The van der Waals surface area contributed by atoms with Crippen LogP contribution >= 0.6 is 0 Å². The molecule has 4 heteroatoms. The fourth-order valence-electron chi connectivity index (χ4n) is 2.82. The molecule has 1 aliphatic rings. The van der Waals surface area contributed by atoms with Crippen molar-refractivity contribution in [3.8, 4) is 12.3 Å². The first-order chi connectivity index (χ1) is 9.80. The molecular weight excluding hydrogens is 266 g/mol. The average Bonchev–Trinajstić information content (AvgIpc) is 2.46. The predicted octanol–water partition coefficient (Wildman–Crippen LogP) is 2.74. The van der Waals surface area contributed by atoms with Crippen LogP contribution in [0.5, 0.6) is 0 Å². The molecular formula is C17H25NO3. The van der Waals surface area contributed by atoms with E-state index in [9.17, 15) is 14.7 Å². The van der Waals surface area contributed by atoms with Gasteiger partial charge < -0.3 is 10.4 Å². The molecule has 2 atom stereocenters. The topological polar surface area (TPSA) is 66.4 Å². The standard InChI is InChI=1S/C17H25NO3/c1-6-17(7-2,8-3)18-15(19)13-9-11(4)12(5)10-14(13)16(20)21/h1,13-14H,7-10H2,2-5H3,(H,18,19)(H,20,21)/t13-,14+/m0/s1. The highest BCUT2D eigenvalue weighted by molar-refractivity contribution is 5.86. The highest BCUT2D eigenvalue weighted by Crippen LogP contribution is 2.35. The van der Waals surface area contributed by atoms with Gasteiger partial charge in [-0.25, -0.2) is 0 Å². The summed E-state index contributed by atoms with van der Waals surface area (Å²) < 4.78 is 0. The van der Waals surface area contributed by atoms with E-state index in [1.165, 1.54) is 0 Å². The minimum atomic E-state index is -0.915. The molecule has 0 unspecified atom stereocenters. The highest BCUT2D eigenvalue weighted by atomic mass is 16.4. The van der Waals surface area contributed by atoms with Crippen molar-refractivity contribution in [3.05, 3.63) is 11.1 Å². The summed E-state index contributed by atoms with van der Waals surface area (Å²) in [5.74, 6) is 0.289. The third kappa shape index (κ3) is 3.66. The molecule has 0 saturated heterocycles. The van der Waals surface area contributed by atoms with Gasteiger partial charge >= 0.3 is 5.97 Å². The van der Waals surface area contributed by atoms with Gasteiger partial charge in [0.2, 0.25) is 5.91 Å². The van der Waals surface area contributed by atoms with Gasteiger partial charge in [0.25, 0.3) is 0 Å². The monoisotopic (exact) mass is 291 g/mol. The Bertz CT molecular complexity index is 495. The van der Waals surface area contributed by atoms with Crippen molar-refractivity contribution in [2.75, 3.05) is 0 Å². The van der Waals surface area contributed by atoms with Crippen LogP contribution in [0, 0.1) is 24.2 Å². The smallest absolute Gasteiger partial charge is 0.307 e. The van der Waals surface area contributed by atoms with E-state index in [-0.39, 0.29) is 5.91 Å². The number of carbonyl (C=O) groups excluding carboxylic acids is 1. The van der Waals surface area contributed by atoms with Gasteiger partial charge in [0.05, 0.1) is 11.8 Å². The largest absolute Gasteiger partial charge is 0.481 e. The van der Waals surface area contributed by atoms with Gasteiger partial charge in [-0.2, -0.15) is 0 Å². The van der Waals surface area contributed by atoms with Crippen LogP contribution in [0.2, 0.25) is 0 Å². The summed E-state index contributed by atoms with van der Waals surface area (Å²) in [5.41, 5.74) is 1.50. The summed E-state index contributed by atoms with van der Waals surface area (Å²) in [4.78, 5) is 24.0. The maximum atomic E-state index is 12.6. The van der Waals surface area contributed by atoms with Gasteiger partial charge in [-0.15, -0.1) is 6.42 Å². The molecule has 0 bridgehead atoms. The van der Waals surface area contributed by atoms with Crippen molar-refractivity contribution in [2.24, 2.45) is 11.8 Å². The fourth-order valence-corrected chi connectivity index (χ4v) is 2.82. The van der Waals surface area contributed by atoms with Gasteiger partial charge in [0.15, 0.2) is 0 Å². The van der Waals surface area contributed by atoms with Crippen molar-refractivity contribution >= 4 is 11.9 Å². The number of hydrogen-bond donors (Lipinski definition) is 2. The molecule has 0 saturated carbocycles. The molecule has 0 aliphatic heterocycles. The maximum absolute atomic E-state index is 12.6. The third-order valence-electron chi connectivity index (χ3n) is 4.77. The number of carbonyl (C=O) groups is 2. The fraction of sp³-hybridized carbons (Fsp3) is 0.647.